The van der Waals surface area contributed by atoms with Gasteiger partial charge in [-0.15, -0.1) is 10.2 Å². The van der Waals surface area contributed by atoms with E-state index in [0.717, 1.165) is 12.8 Å². The summed E-state index contributed by atoms with van der Waals surface area (Å²) in [4.78, 5) is 38.3. The lowest BCUT2D eigenvalue weighted by Gasteiger charge is -2.33. The molecule has 2 heterocycles. The van der Waals surface area contributed by atoms with Gasteiger partial charge in [0.25, 0.3) is 5.91 Å². The second kappa shape index (κ2) is 9.22. The third kappa shape index (κ3) is 5.58. The lowest BCUT2D eigenvalue weighted by Crippen LogP contribution is -2.49. The first-order chi connectivity index (χ1) is 13.1. The number of nitrogens with zero attached hydrogens (tertiary/aromatic N) is 3. The second-order valence-corrected chi connectivity index (χ2v) is 7.15. The highest BCUT2D eigenvalue weighted by molar-refractivity contribution is 7.13. The van der Waals surface area contributed by atoms with Crippen LogP contribution in [0.15, 0.2) is 35.8 Å². The van der Waals surface area contributed by atoms with Crippen LogP contribution in [0.2, 0.25) is 0 Å². The summed E-state index contributed by atoms with van der Waals surface area (Å²) in [6.45, 7) is 1.17. The molecule has 1 fully saturated rings. The van der Waals surface area contributed by atoms with Gasteiger partial charge in [-0.25, -0.2) is 0 Å². The van der Waals surface area contributed by atoms with E-state index in [9.17, 15) is 14.4 Å². The molecule has 1 aliphatic heterocycles. The molecule has 3 amide bonds. The largest absolute Gasteiger partial charge is 0.352 e. The van der Waals surface area contributed by atoms with Crippen LogP contribution in [0.3, 0.4) is 0 Å². The Morgan fingerprint density at radius 2 is 1.93 bits per heavy atom. The highest BCUT2D eigenvalue weighted by Gasteiger charge is 2.25. The lowest BCUT2D eigenvalue weighted by molar-refractivity contribution is -0.125. The van der Waals surface area contributed by atoms with Crippen LogP contribution in [-0.2, 0) is 9.59 Å². The highest BCUT2D eigenvalue weighted by Crippen LogP contribution is 2.14. The molecule has 0 bridgehead atoms. The molecule has 1 aromatic heterocycles. The van der Waals surface area contributed by atoms with Crippen molar-refractivity contribution in [1.82, 2.24) is 20.4 Å². The van der Waals surface area contributed by atoms with Crippen molar-refractivity contribution in [1.29, 1.82) is 0 Å². The number of piperidine rings is 1. The minimum absolute atomic E-state index is 0.0222. The van der Waals surface area contributed by atoms with Gasteiger partial charge in [-0.2, -0.15) is 0 Å². The van der Waals surface area contributed by atoms with Crippen LogP contribution in [0.25, 0.3) is 0 Å². The van der Waals surface area contributed by atoms with Gasteiger partial charge in [0, 0.05) is 37.5 Å². The van der Waals surface area contributed by atoms with Gasteiger partial charge < -0.3 is 15.5 Å². The molecule has 3 rings (SSSR count). The van der Waals surface area contributed by atoms with Crippen molar-refractivity contribution in [3.05, 3.63) is 41.4 Å². The topological polar surface area (TPSA) is 104 Å². The Balaban J connectivity index is 1.43. The van der Waals surface area contributed by atoms with Crippen molar-refractivity contribution in [3.63, 3.8) is 0 Å². The van der Waals surface area contributed by atoms with Crippen LogP contribution in [0.4, 0.5) is 5.13 Å². The predicted octanol–water partition coefficient (Wildman–Crippen LogP) is 1.68. The summed E-state index contributed by atoms with van der Waals surface area (Å²) < 4.78 is 0. The molecule has 142 valence electrons. The van der Waals surface area contributed by atoms with E-state index in [-0.39, 0.29) is 36.6 Å². The van der Waals surface area contributed by atoms with E-state index in [2.05, 4.69) is 20.8 Å². The molecule has 2 aromatic rings. The standard InChI is InChI=1S/C18H21N5O3S/c24-15(8-9-16(25)21-18-22-19-12-27-18)20-14-7-4-10-23(11-14)17(26)13-5-2-1-3-6-13/h1-3,5-6,12,14H,4,7-11H2,(H,20,24)(H,21,22,25). The van der Waals surface area contributed by atoms with Crippen LogP contribution in [0.1, 0.15) is 36.0 Å². The fourth-order valence-corrected chi connectivity index (χ4v) is 3.44. The molecule has 0 spiro atoms. The minimum Gasteiger partial charge on any atom is -0.352 e. The monoisotopic (exact) mass is 387 g/mol. The van der Waals surface area contributed by atoms with Crippen molar-refractivity contribution in [2.75, 3.05) is 18.4 Å². The molecule has 0 saturated carbocycles. The molecule has 2 N–H and O–H groups in total. The third-order valence-electron chi connectivity index (χ3n) is 4.28. The number of amides is 3. The predicted molar refractivity (Wildman–Crippen MR) is 101 cm³/mol. The molecular weight excluding hydrogens is 366 g/mol. The minimum atomic E-state index is -0.272. The smallest absolute Gasteiger partial charge is 0.253 e. The van der Waals surface area contributed by atoms with Crippen LogP contribution in [0.5, 0.6) is 0 Å². The van der Waals surface area contributed by atoms with Crippen LogP contribution in [-0.4, -0.2) is 52.0 Å². The Labute approximate surface area is 161 Å². The van der Waals surface area contributed by atoms with E-state index in [1.165, 1.54) is 16.8 Å². The van der Waals surface area contributed by atoms with Crippen molar-refractivity contribution >= 4 is 34.2 Å². The number of aromatic nitrogens is 2. The summed E-state index contributed by atoms with van der Waals surface area (Å²) in [6.07, 6.45) is 1.82. The van der Waals surface area contributed by atoms with E-state index < -0.39 is 0 Å². The summed E-state index contributed by atoms with van der Waals surface area (Å²) in [5.74, 6) is -0.487. The number of rotatable bonds is 6. The normalized spacial score (nSPS) is 16.6. The molecule has 1 saturated heterocycles. The van der Waals surface area contributed by atoms with Gasteiger partial charge in [-0.1, -0.05) is 29.5 Å². The Kier molecular flexibility index (Phi) is 6.48. The number of hydrogen-bond acceptors (Lipinski definition) is 6. The van der Waals surface area contributed by atoms with Crippen LogP contribution >= 0.6 is 11.3 Å². The Morgan fingerprint density at radius 3 is 2.67 bits per heavy atom. The molecule has 0 radical (unpaired) electrons. The lowest BCUT2D eigenvalue weighted by atomic mass is 10.0. The average Bonchev–Trinajstić information content (AvgIpc) is 3.20. The molecule has 0 aliphatic carbocycles. The third-order valence-corrected chi connectivity index (χ3v) is 4.89. The first-order valence-corrected chi connectivity index (χ1v) is 9.69. The van der Waals surface area contributed by atoms with Crippen LogP contribution in [0, 0.1) is 0 Å². The van der Waals surface area contributed by atoms with Crippen LogP contribution < -0.4 is 10.6 Å². The van der Waals surface area contributed by atoms with Gasteiger partial charge in [0.15, 0.2) is 0 Å². The van der Waals surface area contributed by atoms with Crippen molar-refractivity contribution in [3.8, 4) is 0 Å². The zero-order valence-electron chi connectivity index (χ0n) is 14.8. The number of anilines is 1. The fraction of sp³-hybridized carbons (Fsp3) is 0.389. The van der Waals surface area contributed by atoms with E-state index in [1.54, 1.807) is 17.0 Å². The quantitative estimate of drug-likeness (QED) is 0.785. The SMILES string of the molecule is O=C(CCC(=O)NC1CCCN(C(=O)c2ccccc2)C1)Nc1nncs1. The Hall–Kier alpha value is -2.81. The Bertz CT molecular complexity index is 782. The van der Waals surface area contributed by atoms with Gasteiger partial charge >= 0.3 is 0 Å². The molecular formula is C18H21N5O3S. The highest BCUT2D eigenvalue weighted by atomic mass is 32.1. The number of carbonyl (C=O) groups is 3. The molecule has 9 heteroatoms. The molecule has 1 atom stereocenters. The maximum Gasteiger partial charge on any atom is 0.253 e. The summed E-state index contributed by atoms with van der Waals surface area (Å²) in [7, 11) is 0. The van der Waals surface area contributed by atoms with Gasteiger partial charge in [-0.05, 0) is 25.0 Å². The summed E-state index contributed by atoms with van der Waals surface area (Å²) in [5.41, 5.74) is 2.17. The molecule has 1 unspecified atom stereocenters. The molecule has 8 nitrogen and oxygen atoms in total. The first-order valence-electron chi connectivity index (χ1n) is 8.81. The second-order valence-electron chi connectivity index (χ2n) is 6.32. The molecule has 1 aromatic carbocycles. The van der Waals surface area contributed by atoms with E-state index >= 15 is 0 Å². The Morgan fingerprint density at radius 1 is 1.15 bits per heavy atom. The number of benzene rings is 1. The maximum absolute atomic E-state index is 12.5. The number of carbonyl (C=O) groups excluding carboxylic acids is 3. The van der Waals surface area contributed by atoms with E-state index in [0.29, 0.717) is 23.8 Å². The maximum atomic E-state index is 12.5. The average molecular weight is 387 g/mol. The van der Waals surface area contributed by atoms with E-state index in [4.69, 9.17) is 0 Å². The number of likely N-dealkylation sites (tertiary alicyclic amines) is 1. The van der Waals surface area contributed by atoms with Gasteiger partial charge in [0.05, 0.1) is 0 Å². The zero-order chi connectivity index (χ0) is 19.1. The summed E-state index contributed by atoms with van der Waals surface area (Å²) in [6, 6.07) is 9.04. The van der Waals surface area contributed by atoms with Gasteiger partial charge in [0.1, 0.15) is 5.51 Å². The molecule has 27 heavy (non-hydrogen) atoms. The van der Waals surface area contributed by atoms with Crippen molar-refractivity contribution in [2.24, 2.45) is 0 Å². The number of hydrogen-bond donors (Lipinski definition) is 2. The first kappa shape index (κ1) is 19.0. The zero-order valence-corrected chi connectivity index (χ0v) is 15.6. The van der Waals surface area contributed by atoms with Crippen molar-refractivity contribution < 1.29 is 14.4 Å². The summed E-state index contributed by atoms with van der Waals surface area (Å²) in [5, 5.41) is 13.3. The van der Waals surface area contributed by atoms with E-state index in [1.807, 2.05) is 18.2 Å². The summed E-state index contributed by atoms with van der Waals surface area (Å²) >= 11 is 1.22. The fourth-order valence-electron chi connectivity index (χ4n) is 2.98. The van der Waals surface area contributed by atoms with Gasteiger partial charge in [-0.3, -0.25) is 14.4 Å². The van der Waals surface area contributed by atoms with Gasteiger partial charge in [0.2, 0.25) is 16.9 Å². The molecule has 1 aliphatic rings. The number of nitrogens with one attached hydrogen (secondary N) is 2. The van der Waals surface area contributed by atoms with Crippen molar-refractivity contribution in [2.45, 2.75) is 31.7 Å².